The second-order valence-corrected chi connectivity index (χ2v) is 4.23. The Hall–Kier alpha value is -1.57. The van der Waals surface area contributed by atoms with Gasteiger partial charge in [0.25, 0.3) is 0 Å². The number of rotatable bonds is 5. The van der Waals surface area contributed by atoms with Crippen LogP contribution in [0.15, 0.2) is 49.6 Å². The van der Waals surface area contributed by atoms with Gasteiger partial charge < -0.3 is 4.90 Å². The highest BCUT2D eigenvalue weighted by Gasteiger charge is 2.36. The van der Waals surface area contributed by atoms with E-state index in [1.807, 2.05) is 13.0 Å². The molecule has 1 rings (SSSR count). The van der Waals surface area contributed by atoms with Crippen LogP contribution in [0.4, 0.5) is 0 Å². The second kappa shape index (κ2) is 4.97. The highest BCUT2D eigenvalue weighted by Crippen LogP contribution is 2.27. The van der Waals surface area contributed by atoms with Crippen molar-refractivity contribution in [3.05, 3.63) is 49.6 Å². The fraction of sp³-hybridized carbons (Fsp3) is 0.357. The Kier molecular flexibility index (Phi) is 3.88. The summed E-state index contributed by atoms with van der Waals surface area (Å²) in [6.07, 6.45) is 4.30. The lowest BCUT2D eigenvalue weighted by Gasteiger charge is -2.23. The van der Waals surface area contributed by atoms with Crippen molar-refractivity contribution in [2.24, 2.45) is 5.92 Å². The number of nitrogens with zero attached hydrogens (tertiary/aromatic N) is 1. The van der Waals surface area contributed by atoms with Gasteiger partial charge in [-0.3, -0.25) is 4.79 Å². The van der Waals surface area contributed by atoms with Crippen LogP contribution in [0.3, 0.4) is 0 Å². The van der Waals surface area contributed by atoms with E-state index in [2.05, 4.69) is 26.3 Å². The topological polar surface area (TPSA) is 20.3 Å². The van der Waals surface area contributed by atoms with Gasteiger partial charge in [-0.25, -0.2) is 0 Å². The Morgan fingerprint density at radius 1 is 1.44 bits per heavy atom. The van der Waals surface area contributed by atoms with Crippen molar-refractivity contribution < 1.29 is 4.79 Å². The maximum atomic E-state index is 12.0. The van der Waals surface area contributed by atoms with Crippen LogP contribution in [-0.2, 0) is 4.79 Å². The van der Waals surface area contributed by atoms with E-state index in [4.69, 9.17) is 0 Å². The molecule has 0 aromatic heterocycles. The van der Waals surface area contributed by atoms with Gasteiger partial charge in [-0.1, -0.05) is 30.9 Å². The summed E-state index contributed by atoms with van der Waals surface area (Å²) in [5.74, 6) is 0.0308. The first-order valence-corrected chi connectivity index (χ1v) is 5.40. The van der Waals surface area contributed by atoms with Crippen LogP contribution in [0, 0.1) is 5.92 Å². The molecule has 1 aliphatic heterocycles. The summed E-state index contributed by atoms with van der Waals surface area (Å²) in [5, 5.41) is 0. The summed E-state index contributed by atoms with van der Waals surface area (Å²) in [4.78, 5) is 13.8. The minimum atomic E-state index is -0.0825. The highest BCUT2D eigenvalue weighted by atomic mass is 16.2. The number of hydrogen-bond donors (Lipinski definition) is 0. The normalized spacial score (nSPS) is 24.3. The van der Waals surface area contributed by atoms with Gasteiger partial charge in [0.15, 0.2) is 0 Å². The van der Waals surface area contributed by atoms with E-state index < -0.39 is 0 Å². The predicted octanol–water partition coefficient (Wildman–Crippen LogP) is 2.71. The van der Waals surface area contributed by atoms with Gasteiger partial charge in [0.1, 0.15) is 0 Å². The van der Waals surface area contributed by atoms with Crippen LogP contribution in [0.5, 0.6) is 0 Å². The zero-order chi connectivity index (χ0) is 12.3. The number of carbonyl (C=O) groups is 1. The molecule has 0 aliphatic carbocycles. The molecule has 0 bridgehead atoms. The van der Waals surface area contributed by atoms with Gasteiger partial charge in [-0.05, 0) is 18.9 Å². The summed E-state index contributed by atoms with van der Waals surface area (Å²) in [6.45, 7) is 17.6. The first-order valence-electron chi connectivity index (χ1n) is 5.40. The first kappa shape index (κ1) is 12.5. The van der Waals surface area contributed by atoms with Gasteiger partial charge in [0, 0.05) is 6.54 Å². The second-order valence-electron chi connectivity index (χ2n) is 4.23. The summed E-state index contributed by atoms with van der Waals surface area (Å²) in [5.41, 5.74) is 1.81. The van der Waals surface area contributed by atoms with Gasteiger partial charge in [0.05, 0.1) is 12.0 Å². The Morgan fingerprint density at radius 2 is 2.06 bits per heavy atom. The molecule has 0 saturated carbocycles. The van der Waals surface area contributed by atoms with Crippen LogP contribution in [-0.4, -0.2) is 23.4 Å². The van der Waals surface area contributed by atoms with Gasteiger partial charge >= 0.3 is 0 Å². The molecule has 2 atom stereocenters. The van der Waals surface area contributed by atoms with Crippen molar-refractivity contribution in [2.45, 2.75) is 19.4 Å². The molecular formula is C14H19NO. The van der Waals surface area contributed by atoms with E-state index in [0.29, 0.717) is 6.54 Å². The summed E-state index contributed by atoms with van der Waals surface area (Å²) in [6, 6.07) is 0.0894. The number of amides is 1. The fourth-order valence-electron chi connectivity index (χ4n) is 1.82. The third-order valence-electron chi connectivity index (χ3n) is 3.02. The molecule has 1 heterocycles. The van der Waals surface area contributed by atoms with Gasteiger partial charge in [0.2, 0.25) is 5.91 Å². The molecule has 1 fully saturated rings. The van der Waals surface area contributed by atoms with Crippen LogP contribution in [0.2, 0.25) is 0 Å². The first-order chi connectivity index (χ1) is 7.51. The van der Waals surface area contributed by atoms with E-state index in [-0.39, 0.29) is 17.9 Å². The van der Waals surface area contributed by atoms with E-state index in [1.54, 1.807) is 11.0 Å². The molecule has 86 valence electrons. The molecule has 0 N–H and O–H groups in total. The van der Waals surface area contributed by atoms with E-state index >= 15 is 0 Å². The van der Waals surface area contributed by atoms with Crippen molar-refractivity contribution in [3.63, 3.8) is 0 Å². The largest absolute Gasteiger partial charge is 0.331 e. The quantitative estimate of drug-likeness (QED) is 0.512. The molecular weight excluding hydrogens is 198 g/mol. The number of likely N-dealkylation sites (tertiary alicyclic amines) is 1. The monoisotopic (exact) mass is 217 g/mol. The van der Waals surface area contributed by atoms with Gasteiger partial charge in [-0.2, -0.15) is 0 Å². The SMILES string of the molecule is C=C[C@@H]1C[C@H](C=C)C(=O)N1CC(=C)C(=C)C. The lowest BCUT2D eigenvalue weighted by atomic mass is 10.1. The standard InChI is InChI=1S/C14H19NO/c1-6-12-8-13(7-2)15(14(12)16)9-11(5)10(3)4/h6-7,12-13H,1-3,5,8-9H2,4H3/t12-,13+/m0/s1. The molecule has 2 nitrogen and oxygen atoms in total. The molecule has 1 saturated heterocycles. The van der Waals surface area contributed by atoms with Crippen molar-refractivity contribution in [3.8, 4) is 0 Å². The molecule has 1 aliphatic rings. The maximum Gasteiger partial charge on any atom is 0.230 e. The lowest BCUT2D eigenvalue weighted by Crippen LogP contribution is -2.34. The smallest absolute Gasteiger partial charge is 0.230 e. The summed E-state index contributed by atoms with van der Waals surface area (Å²) >= 11 is 0. The molecule has 0 unspecified atom stereocenters. The zero-order valence-electron chi connectivity index (χ0n) is 9.91. The minimum absolute atomic E-state index is 0.0825. The number of hydrogen-bond acceptors (Lipinski definition) is 1. The molecule has 0 spiro atoms. The molecule has 0 aromatic carbocycles. The fourth-order valence-corrected chi connectivity index (χ4v) is 1.82. The average Bonchev–Trinajstić information content (AvgIpc) is 2.55. The van der Waals surface area contributed by atoms with Crippen LogP contribution < -0.4 is 0 Å². The number of carbonyl (C=O) groups excluding carboxylic acids is 1. The van der Waals surface area contributed by atoms with Crippen molar-refractivity contribution in [1.29, 1.82) is 0 Å². The van der Waals surface area contributed by atoms with Crippen molar-refractivity contribution in [1.82, 2.24) is 4.90 Å². The maximum absolute atomic E-state index is 12.0. The van der Waals surface area contributed by atoms with Crippen molar-refractivity contribution in [2.75, 3.05) is 6.54 Å². The Morgan fingerprint density at radius 3 is 2.50 bits per heavy atom. The van der Waals surface area contributed by atoms with Crippen molar-refractivity contribution >= 4 is 5.91 Å². The lowest BCUT2D eigenvalue weighted by molar-refractivity contribution is -0.130. The Labute approximate surface area is 97.6 Å². The summed E-state index contributed by atoms with van der Waals surface area (Å²) < 4.78 is 0. The Bertz CT molecular complexity index is 354. The molecule has 1 amide bonds. The Balaban J connectivity index is 2.81. The van der Waals surface area contributed by atoms with Gasteiger partial charge in [-0.15, -0.1) is 13.2 Å². The summed E-state index contributed by atoms with van der Waals surface area (Å²) in [7, 11) is 0. The van der Waals surface area contributed by atoms with E-state index in [0.717, 1.165) is 17.6 Å². The molecule has 0 radical (unpaired) electrons. The van der Waals surface area contributed by atoms with Crippen LogP contribution in [0.25, 0.3) is 0 Å². The molecule has 2 heteroatoms. The zero-order valence-corrected chi connectivity index (χ0v) is 9.91. The molecule has 16 heavy (non-hydrogen) atoms. The predicted molar refractivity (Wildman–Crippen MR) is 68.0 cm³/mol. The van der Waals surface area contributed by atoms with E-state index in [1.165, 1.54) is 0 Å². The van der Waals surface area contributed by atoms with Crippen LogP contribution in [0.1, 0.15) is 13.3 Å². The van der Waals surface area contributed by atoms with Crippen LogP contribution >= 0.6 is 0 Å². The highest BCUT2D eigenvalue weighted by molar-refractivity contribution is 5.83. The van der Waals surface area contributed by atoms with E-state index in [9.17, 15) is 4.79 Å². The molecule has 0 aromatic rings. The third kappa shape index (κ3) is 2.32. The minimum Gasteiger partial charge on any atom is -0.331 e. The third-order valence-corrected chi connectivity index (χ3v) is 3.02. The average molecular weight is 217 g/mol.